The molecule has 116 valence electrons. The number of carboxylic acids is 1. The molecule has 5 rings (SSSR count). The molecule has 4 aromatic rings. The predicted octanol–water partition coefficient (Wildman–Crippen LogP) is 3.17. The average Bonchev–Trinajstić information content (AvgIpc) is 2.88. The minimum Gasteiger partial charge on any atom is -0.545 e. The van der Waals surface area contributed by atoms with E-state index in [1.54, 1.807) is 6.07 Å². The van der Waals surface area contributed by atoms with Gasteiger partial charge in [-0.25, -0.2) is 9.97 Å². The molecular weight excluding hydrogens is 302 g/mol. The number of carbonyl (C=O) groups is 1. The van der Waals surface area contributed by atoms with Crippen LogP contribution in [0.25, 0.3) is 44.3 Å². The molecule has 0 spiro atoms. The molecule has 3 aromatic carbocycles. The molecule has 1 aliphatic carbocycles. The van der Waals surface area contributed by atoms with Crippen molar-refractivity contribution in [1.82, 2.24) is 16.1 Å². The van der Waals surface area contributed by atoms with Gasteiger partial charge in [0.2, 0.25) is 0 Å². The highest BCUT2D eigenvalue weighted by atomic mass is 16.4. The summed E-state index contributed by atoms with van der Waals surface area (Å²) >= 11 is 0. The van der Waals surface area contributed by atoms with Gasteiger partial charge in [0.15, 0.2) is 0 Å². The molecular formula is C19H13N3O2. The molecule has 4 N–H and O–H groups in total. The Bertz CT molecular complexity index is 1150. The topological polar surface area (TPSA) is 102 Å². The van der Waals surface area contributed by atoms with Crippen LogP contribution < -0.4 is 11.3 Å². The minimum absolute atomic E-state index is 0. The summed E-state index contributed by atoms with van der Waals surface area (Å²) in [5.41, 5.74) is 5.13. The number of aromatic nitrogens is 2. The molecule has 0 atom stereocenters. The van der Waals surface area contributed by atoms with Crippen molar-refractivity contribution < 1.29 is 9.90 Å². The van der Waals surface area contributed by atoms with Crippen molar-refractivity contribution in [3.05, 3.63) is 60.2 Å². The summed E-state index contributed by atoms with van der Waals surface area (Å²) in [7, 11) is 0. The maximum absolute atomic E-state index is 11.1. The number of nitrogens with zero attached hydrogens (tertiary/aromatic N) is 2. The number of aromatic carboxylic acids is 1. The second-order valence-corrected chi connectivity index (χ2v) is 5.62. The normalized spacial score (nSPS) is 11.3. The maximum atomic E-state index is 11.1. The van der Waals surface area contributed by atoms with E-state index in [0.29, 0.717) is 11.0 Å². The SMILES string of the molecule is O=C([O-])c1ccc2nc3c(nc2c1)-c1cccc2cccc-3c12.[NH4+]. The summed E-state index contributed by atoms with van der Waals surface area (Å²) in [4.78, 5) is 20.5. The first-order valence-electron chi connectivity index (χ1n) is 7.28. The Morgan fingerprint density at radius 1 is 0.833 bits per heavy atom. The molecule has 5 nitrogen and oxygen atoms in total. The quantitative estimate of drug-likeness (QED) is 0.513. The molecule has 24 heavy (non-hydrogen) atoms. The van der Waals surface area contributed by atoms with Gasteiger partial charge >= 0.3 is 0 Å². The molecule has 0 saturated heterocycles. The van der Waals surface area contributed by atoms with Gasteiger partial charge in [-0.3, -0.25) is 0 Å². The van der Waals surface area contributed by atoms with Gasteiger partial charge in [-0.2, -0.15) is 0 Å². The molecule has 0 unspecified atom stereocenters. The predicted molar refractivity (Wildman–Crippen MR) is 91.8 cm³/mol. The Labute approximate surface area is 137 Å². The average molecular weight is 315 g/mol. The van der Waals surface area contributed by atoms with Crippen molar-refractivity contribution in [2.24, 2.45) is 0 Å². The van der Waals surface area contributed by atoms with Crippen molar-refractivity contribution in [3.63, 3.8) is 0 Å². The molecule has 0 saturated carbocycles. The summed E-state index contributed by atoms with van der Waals surface area (Å²) in [6.07, 6.45) is 0. The van der Waals surface area contributed by atoms with Gasteiger partial charge in [-0.15, -0.1) is 0 Å². The van der Waals surface area contributed by atoms with Gasteiger partial charge in [0.25, 0.3) is 0 Å². The van der Waals surface area contributed by atoms with Gasteiger partial charge in [0.1, 0.15) is 0 Å². The minimum atomic E-state index is -1.21. The first-order valence-corrected chi connectivity index (χ1v) is 7.28. The van der Waals surface area contributed by atoms with Crippen LogP contribution in [0.2, 0.25) is 0 Å². The zero-order valence-electron chi connectivity index (χ0n) is 12.9. The molecule has 1 aliphatic rings. The van der Waals surface area contributed by atoms with Crippen LogP contribution in [-0.4, -0.2) is 15.9 Å². The lowest BCUT2D eigenvalue weighted by Gasteiger charge is -2.06. The smallest absolute Gasteiger partial charge is 0.0979 e. The number of hydrogen-bond donors (Lipinski definition) is 1. The number of quaternary nitrogens is 1. The van der Waals surface area contributed by atoms with Crippen molar-refractivity contribution in [2.45, 2.75) is 0 Å². The Morgan fingerprint density at radius 2 is 1.46 bits per heavy atom. The van der Waals surface area contributed by atoms with Crippen LogP contribution in [0.1, 0.15) is 10.4 Å². The molecule has 5 heteroatoms. The first-order chi connectivity index (χ1) is 11.2. The van der Waals surface area contributed by atoms with Crippen molar-refractivity contribution in [1.29, 1.82) is 0 Å². The fourth-order valence-corrected chi connectivity index (χ4v) is 3.29. The number of benzene rings is 3. The second kappa shape index (κ2) is 4.84. The molecule has 0 aliphatic heterocycles. The molecule has 0 amide bonds. The zero-order chi connectivity index (χ0) is 15.6. The molecule has 1 aromatic heterocycles. The third-order valence-electron chi connectivity index (χ3n) is 4.31. The summed E-state index contributed by atoms with van der Waals surface area (Å²) in [6.45, 7) is 0. The van der Waals surface area contributed by atoms with Gasteiger partial charge in [0.05, 0.1) is 28.4 Å². The Hall–Kier alpha value is -3.31. The van der Waals surface area contributed by atoms with Gasteiger partial charge in [-0.05, 0) is 23.1 Å². The van der Waals surface area contributed by atoms with Gasteiger partial charge in [0, 0.05) is 16.5 Å². The number of carboxylic acid groups (broad SMARTS) is 1. The lowest BCUT2D eigenvalue weighted by Crippen LogP contribution is -2.22. The molecule has 1 heterocycles. The van der Waals surface area contributed by atoms with E-state index in [-0.39, 0.29) is 11.7 Å². The van der Waals surface area contributed by atoms with Crippen molar-refractivity contribution in [2.75, 3.05) is 0 Å². The zero-order valence-corrected chi connectivity index (χ0v) is 12.9. The van der Waals surface area contributed by atoms with Crippen LogP contribution in [0.4, 0.5) is 0 Å². The van der Waals surface area contributed by atoms with Gasteiger partial charge in [-0.1, -0.05) is 42.5 Å². The Morgan fingerprint density at radius 3 is 2.08 bits per heavy atom. The second-order valence-electron chi connectivity index (χ2n) is 5.62. The van der Waals surface area contributed by atoms with E-state index >= 15 is 0 Å². The van der Waals surface area contributed by atoms with Crippen LogP contribution in [0.3, 0.4) is 0 Å². The first kappa shape index (κ1) is 14.3. The lowest BCUT2D eigenvalue weighted by atomic mass is 10.0. The van der Waals surface area contributed by atoms with E-state index in [0.717, 1.165) is 33.3 Å². The maximum Gasteiger partial charge on any atom is 0.0979 e. The van der Waals surface area contributed by atoms with Crippen molar-refractivity contribution >= 4 is 27.8 Å². The molecule has 0 radical (unpaired) electrons. The summed E-state index contributed by atoms with van der Waals surface area (Å²) in [6, 6.07) is 16.9. The van der Waals surface area contributed by atoms with Crippen molar-refractivity contribution in [3.8, 4) is 22.5 Å². The van der Waals surface area contributed by atoms with Crippen LogP contribution in [-0.2, 0) is 0 Å². The third-order valence-corrected chi connectivity index (χ3v) is 4.31. The summed E-state index contributed by atoms with van der Waals surface area (Å²) < 4.78 is 0. The Balaban J connectivity index is 0.00000146. The number of fused-ring (bicyclic) bond motifs is 4. The van der Waals surface area contributed by atoms with Crippen LogP contribution >= 0.6 is 0 Å². The van der Waals surface area contributed by atoms with Crippen LogP contribution in [0.5, 0.6) is 0 Å². The molecule has 0 bridgehead atoms. The lowest BCUT2D eigenvalue weighted by molar-refractivity contribution is -0.255. The number of rotatable bonds is 1. The largest absolute Gasteiger partial charge is 0.545 e. The van der Waals surface area contributed by atoms with Crippen LogP contribution in [0.15, 0.2) is 54.6 Å². The standard InChI is InChI=1S/C19H10N2O2.H3N/c22-19(23)11-7-8-14-15(9-11)21-18-13-6-2-4-10-3-1-5-12(16(10)13)17(18)20-14;/h1-9H,(H,22,23);1H3. The third kappa shape index (κ3) is 1.76. The van der Waals surface area contributed by atoms with Gasteiger partial charge < -0.3 is 16.1 Å². The molecule has 0 fully saturated rings. The fourth-order valence-electron chi connectivity index (χ4n) is 3.29. The highest BCUT2D eigenvalue weighted by molar-refractivity contribution is 6.14. The fraction of sp³-hybridized carbons (Fsp3) is 0. The number of hydrogen-bond acceptors (Lipinski definition) is 4. The summed E-state index contributed by atoms with van der Waals surface area (Å²) in [5.74, 6) is -1.21. The Kier molecular flexibility index (Phi) is 2.88. The summed E-state index contributed by atoms with van der Waals surface area (Å²) in [5, 5.41) is 13.4. The van der Waals surface area contributed by atoms with E-state index < -0.39 is 5.97 Å². The van der Waals surface area contributed by atoms with Crippen LogP contribution in [0, 0.1) is 0 Å². The van der Waals surface area contributed by atoms with E-state index in [2.05, 4.69) is 17.1 Å². The van der Waals surface area contributed by atoms with E-state index in [4.69, 9.17) is 4.98 Å². The van der Waals surface area contributed by atoms with E-state index in [9.17, 15) is 9.90 Å². The highest BCUT2D eigenvalue weighted by Crippen LogP contribution is 2.45. The van der Waals surface area contributed by atoms with E-state index in [1.165, 1.54) is 12.1 Å². The number of carbonyl (C=O) groups excluding carboxylic acids is 1. The monoisotopic (exact) mass is 315 g/mol. The highest BCUT2D eigenvalue weighted by Gasteiger charge is 2.24. The van der Waals surface area contributed by atoms with E-state index in [1.807, 2.05) is 24.3 Å².